The summed E-state index contributed by atoms with van der Waals surface area (Å²) < 4.78 is 5.67. The summed E-state index contributed by atoms with van der Waals surface area (Å²) >= 11 is 0. The van der Waals surface area contributed by atoms with Crippen LogP contribution in [0.25, 0.3) is 5.57 Å². The van der Waals surface area contributed by atoms with E-state index in [9.17, 15) is 5.11 Å². The Labute approximate surface area is 149 Å². The van der Waals surface area contributed by atoms with Gasteiger partial charge in [-0.1, -0.05) is 29.8 Å². The number of allylic oxidation sites excluding steroid dienone is 5. The molecule has 1 atom stereocenters. The Hall–Kier alpha value is -2.01. The van der Waals surface area contributed by atoms with Gasteiger partial charge in [0.2, 0.25) is 0 Å². The summed E-state index contributed by atoms with van der Waals surface area (Å²) in [6.45, 7) is 4.35. The van der Waals surface area contributed by atoms with Crippen LogP contribution in [-0.4, -0.2) is 37.6 Å². The third kappa shape index (κ3) is 3.66. The topological polar surface area (TPSA) is 65.3 Å². The van der Waals surface area contributed by atoms with E-state index in [-0.39, 0.29) is 12.5 Å². The van der Waals surface area contributed by atoms with E-state index < -0.39 is 0 Å². The molecule has 0 spiro atoms. The minimum atomic E-state index is 0.0482. The van der Waals surface area contributed by atoms with Crippen molar-refractivity contribution in [2.75, 3.05) is 26.8 Å². The number of benzene rings is 1. The highest BCUT2D eigenvalue weighted by Crippen LogP contribution is 2.42. The SMILES string of the molecule is CNCCOCc1cccc(C2=CC3C(=N)C(=C2)C(CCO)=C3C)c1. The molecule has 0 aliphatic heterocycles. The van der Waals surface area contributed by atoms with Crippen LogP contribution in [0.15, 0.2) is 53.1 Å². The maximum absolute atomic E-state index is 9.32. The average molecular weight is 338 g/mol. The quantitative estimate of drug-likeness (QED) is 0.638. The lowest BCUT2D eigenvalue weighted by Crippen LogP contribution is -2.14. The molecule has 0 heterocycles. The Balaban J connectivity index is 1.80. The van der Waals surface area contributed by atoms with Crippen LogP contribution in [0.5, 0.6) is 0 Å². The van der Waals surface area contributed by atoms with E-state index in [1.165, 1.54) is 5.57 Å². The fourth-order valence-corrected chi connectivity index (χ4v) is 3.53. The predicted octanol–water partition coefficient (Wildman–Crippen LogP) is 3.09. The highest BCUT2D eigenvalue weighted by Gasteiger charge is 2.33. The molecule has 0 saturated carbocycles. The number of nitrogens with one attached hydrogen (secondary N) is 2. The molecule has 0 fully saturated rings. The number of fused-ring (bicyclic) bond motifs is 2. The van der Waals surface area contributed by atoms with E-state index in [0.29, 0.717) is 25.3 Å². The van der Waals surface area contributed by atoms with Gasteiger partial charge in [0.15, 0.2) is 0 Å². The first-order valence-corrected chi connectivity index (χ1v) is 8.80. The van der Waals surface area contributed by atoms with Crippen LogP contribution >= 0.6 is 0 Å². The molecule has 2 aliphatic carbocycles. The summed E-state index contributed by atoms with van der Waals surface area (Å²) in [6, 6.07) is 8.41. The highest BCUT2D eigenvalue weighted by molar-refractivity contribution is 6.14. The van der Waals surface area contributed by atoms with E-state index in [0.717, 1.165) is 34.4 Å². The van der Waals surface area contributed by atoms with Crippen molar-refractivity contribution in [3.63, 3.8) is 0 Å². The molecule has 1 unspecified atom stereocenters. The molecule has 3 N–H and O–H groups in total. The maximum Gasteiger partial charge on any atom is 0.0717 e. The Bertz CT molecular complexity index is 759. The van der Waals surface area contributed by atoms with E-state index in [1.807, 2.05) is 7.05 Å². The van der Waals surface area contributed by atoms with Crippen molar-refractivity contribution in [3.8, 4) is 0 Å². The molecule has 1 aromatic rings. The molecule has 1 aromatic carbocycles. The van der Waals surface area contributed by atoms with Crippen molar-refractivity contribution >= 4 is 11.3 Å². The first-order valence-electron chi connectivity index (χ1n) is 8.80. The smallest absolute Gasteiger partial charge is 0.0717 e. The lowest BCUT2D eigenvalue weighted by molar-refractivity contribution is 0.124. The van der Waals surface area contributed by atoms with Crippen LogP contribution in [0.4, 0.5) is 0 Å². The minimum Gasteiger partial charge on any atom is -0.396 e. The van der Waals surface area contributed by atoms with E-state index in [4.69, 9.17) is 10.1 Å². The third-order valence-corrected chi connectivity index (χ3v) is 4.90. The normalized spacial score (nSPS) is 19.3. The zero-order chi connectivity index (χ0) is 17.8. The summed E-state index contributed by atoms with van der Waals surface area (Å²) in [5.41, 5.74) is 7.45. The van der Waals surface area contributed by atoms with Crippen molar-refractivity contribution < 1.29 is 9.84 Å². The largest absolute Gasteiger partial charge is 0.396 e. The molecular weight excluding hydrogens is 312 g/mol. The van der Waals surface area contributed by atoms with Crippen molar-refractivity contribution in [2.45, 2.75) is 20.0 Å². The van der Waals surface area contributed by atoms with Crippen molar-refractivity contribution in [2.24, 2.45) is 5.92 Å². The number of rotatable bonds is 8. The van der Waals surface area contributed by atoms with Crippen LogP contribution in [0.2, 0.25) is 0 Å². The monoisotopic (exact) mass is 338 g/mol. The van der Waals surface area contributed by atoms with Crippen molar-refractivity contribution in [3.05, 3.63) is 64.3 Å². The van der Waals surface area contributed by atoms with E-state index >= 15 is 0 Å². The van der Waals surface area contributed by atoms with Gasteiger partial charge in [0.1, 0.15) is 0 Å². The summed E-state index contributed by atoms with van der Waals surface area (Å²) in [7, 11) is 1.92. The van der Waals surface area contributed by atoms with Gasteiger partial charge < -0.3 is 20.6 Å². The first kappa shape index (κ1) is 17.8. The second kappa shape index (κ2) is 7.91. The van der Waals surface area contributed by atoms with Crippen LogP contribution in [-0.2, 0) is 11.3 Å². The van der Waals surface area contributed by atoms with Gasteiger partial charge in [-0.25, -0.2) is 0 Å². The third-order valence-electron chi connectivity index (χ3n) is 4.90. The van der Waals surface area contributed by atoms with Gasteiger partial charge in [0.25, 0.3) is 0 Å². The van der Waals surface area contributed by atoms with Gasteiger partial charge in [-0.3, -0.25) is 0 Å². The van der Waals surface area contributed by atoms with Gasteiger partial charge >= 0.3 is 0 Å². The lowest BCUT2D eigenvalue weighted by Gasteiger charge is -2.16. The standard InChI is InChI=1S/C21H26N2O2/c1-14-18(6-8-24)20-12-17(11-19(14)21(20)22)16-5-3-4-15(10-16)13-25-9-7-23-2/h3-5,10-12,19,22-24H,6-9,13H2,1-2H3. The average Bonchev–Trinajstić information content (AvgIpc) is 2.76. The van der Waals surface area contributed by atoms with Gasteiger partial charge in [-0.05, 0) is 54.8 Å². The number of aliphatic hydroxyl groups is 1. The number of hydrogen-bond acceptors (Lipinski definition) is 4. The number of aliphatic hydroxyl groups excluding tert-OH is 1. The van der Waals surface area contributed by atoms with Crippen LogP contribution in [0, 0.1) is 11.3 Å². The molecule has 0 saturated heterocycles. The van der Waals surface area contributed by atoms with Crippen LogP contribution < -0.4 is 5.32 Å². The zero-order valence-electron chi connectivity index (χ0n) is 14.9. The predicted molar refractivity (Wildman–Crippen MR) is 102 cm³/mol. The van der Waals surface area contributed by atoms with Crippen molar-refractivity contribution in [1.29, 1.82) is 5.41 Å². The summed E-state index contributed by atoms with van der Waals surface area (Å²) in [5.74, 6) is 0.0482. The second-order valence-electron chi connectivity index (χ2n) is 6.56. The second-order valence-corrected chi connectivity index (χ2v) is 6.56. The number of likely N-dealkylation sites (N-methyl/N-ethyl adjacent to an activating group) is 1. The molecular formula is C21H26N2O2. The van der Waals surface area contributed by atoms with E-state index in [1.54, 1.807) is 0 Å². The van der Waals surface area contributed by atoms with Crippen LogP contribution in [0.3, 0.4) is 0 Å². The lowest BCUT2D eigenvalue weighted by atomic mass is 9.88. The minimum absolute atomic E-state index is 0.0482. The molecule has 4 nitrogen and oxygen atoms in total. The Morgan fingerprint density at radius 1 is 1.32 bits per heavy atom. The molecule has 2 aliphatic rings. The number of ether oxygens (including phenoxy) is 1. The van der Waals surface area contributed by atoms with Gasteiger partial charge in [0, 0.05) is 30.4 Å². The molecule has 3 rings (SSSR count). The van der Waals surface area contributed by atoms with Gasteiger partial charge in [-0.2, -0.15) is 0 Å². The molecule has 0 amide bonds. The first-order chi connectivity index (χ1) is 12.2. The fourth-order valence-electron chi connectivity index (χ4n) is 3.53. The van der Waals surface area contributed by atoms with Gasteiger partial charge in [-0.15, -0.1) is 0 Å². The van der Waals surface area contributed by atoms with E-state index in [2.05, 4.69) is 48.7 Å². The highest BCUT2D eigenvalue weighted by atomic mass is 16.5. The molecule has 0 aromatic heterocycles. The molecule has 0 radical (unpaired) electrons. The fraction of sp³-hybridized carbons (Fsp3) is 0.381. The number of hydrogen-bond donors (Lipinski definition) is 3. The van der Waals surface area contributed by atoms with Crippen molar-refractivity contribution in [1.82, 2.24) is 5.32 Å². The summed E-state index contributed by atoms with van der Waals surface area (Å²) in [5, 5.41) is 20.8. The summed E-state index contributed by atoms with van der Waals surface area (Å²) in [4.78, 5) is 0. The Morgan fingerprint density at radius 3 is 2.92 bits per heavy atom. The Morgan fingerprint density at radius 2 is 2.16 bits per heavy atom. The summed E-state index contributed by atoms with van der Waals surface area (Å²) in [6.07, 6.45) is 4.89. The molecule has 132 valence electrons. The molecule has 2 bridgehead atoms. The maximum atomic E-state index is 9.32. The molecule has 4 heteroatoms. The molecule has 25 heavy (non-hydrogen) atoms. The Kier molecular flexibility index (Phi) is 5.63. The van der Waals surface area contributed by atoms with Gasteiger partial charge in [0.05, 0.1) is 13.2 Å². The zero-order valence-corrected chi connectivity index (χ0v) is 14.9. The van der Waals surface area contributed by atoms with Crippen LogP contribution in [0.1, 0.15) is 24.5 Å².